The summed E-state index contributed by atoms with van der Waals surface area (Å²) in [5, 5.41) is 0. The summed E-state index contributed by atoms with van der Waals surface area (Å²) in [6.07, 6.45) is 2.71. The molecule has 16 heavy (non-hydrogen) atoms. The molecule has 0 atom stereocenters. The van der Waals surface area contributed by atoms with E-state index in [1.165, 1.54) is 0 Å². The van der Waals surface area contributed by atoms with Crippen molar-refractivity contribution in [3.8, 4) is 0 Å². The van der Waals surface area contributed by atoms with Gasteiger partial charge in [0, 0.05) is 5.56 Å². The molecule has 0 aliphatic heterocycles. The fraction of sp³-hybridized carbons (Fsp3) is 0.357. The second-order valence-corrected chi connectivity index (χ2v) is 3.44. The van der Waals surface area contributed by atoms with Gasteiger partial charge < -0.3 is 4.74 Å². The van der Waals surface area contributed by atoms with E-state index in [1.54, 1.807) is 6.08 Å². The van der Waals surface area contributed by atoms with E-state index in [1.807, 2.05) is 18.2 Å². The Kier molecular flexibility index (Phi) is 5.83. The summed E-state index contributed by atoms with van der Waals surface area (Å²) in [6.45, 7) is 10.4. The highest BCUT2D eigenvalue weighted by atomic mass is 16.5. The Morgan fingerprint density at radius 3 is 2.38 bits per heavy atom. The fourth-order valence-electron chi connectivity index (χ4n) is 1.59. The first-order valence-corrected chi connectivity index (χ1v) is 5.74. The van der Waals surface area contributed by atoms with Crippen molar-refractivity contribution in [3.63, 3.8) is 0 Å². The summed E-state index contributed by atoms with van der Waals surface area (Å²) in [5.74, 6) is 0. The van der Waals surface area contributed by atoms with Gasteiger partial charge >= 0.3 is 0 Å². The van der Waals surface area contributed by atoms with E-state index in [0.717, 1.165) is 24.9 Å². The zero-order chi connectivity index (χ0) is 11.8. The number of nitrogens with zero attached hydrogens (tertiary/aromatic N) is 1. The van der Waals surface area contributed by atoms with Crippen molar-refractivity contribution in [2.24, 2.45) is 0 Å². The van der Waals surface area contributed by atoms with E-state index in [9.17, 15) is 0 Å². The van der Waals surface area contributed by atoms with E-state index in [-0.39, 0.29) is 0 Å². The Bertz CT molecular complexity index is 293. The predicted octanol–water partition coefficient (Wildman–Crippen LogP) is 3.07. The largest absolute Gasteiger partial charge is 0.347 e. The summed E-state index contributed by atoms with van der Waals surface area (Å²) in [7, 11) is 0. The molecule has 0 bridgehead atoms. The first-order valence-electron chi connectivity index (χ1n) is 5.74. The van der Waals surface area contributed by atoms with Crippen LogP contribution in [0.2, 0.25) is 0 Å². The van der Waals surface area contributed by atoms with Crippen LogP contribution >= 0.6 is 0 Å². The first-order chi connectivity index (χ1) is 7.83. The maximum Gasteiger partial charge on any atom is 0.195 e. The lowest BCUT2D eigenvalue weighted by Gasteiger charge is -2.27. The second-order valence-electron chi connectivity index (χ2n) is 3.44. The molecule has 0 amide bonds. The molecule has 1 rings (SSSR count). The van der Waals surface area contributed by atoms with E-state index in [4.69, 9.17) is 4.74 Å². The third-order valence-corrected chi connectivity index (χ3v) is 2.41. The van der Waals surface area contributed by atoms with Crippen molar-refractivity contribution in [3.05, 3.63) is 54.8 Å². The average molecular weight is 218 g/mol. The molecule has 0 fully saturated rings. The molecular weight excluding hydrogens is 198 g/mol. The van der Waals surface area contributed by atoms with Crippen LogP contribution < -0.4 is 0 Å². The van der Waals surface area contributed by atoms with Crippen LogP contribution in [0.1, 0.15) is 19.4 Å². The molecule has 0 saturated heterocycles. The zero-order valence-corrected chi connectivity index (χ0v) is 10.1. The topological polar surface area (TPSA) is 12.5 Å². The molecule has 1 aromatic rings. The number of hydrogen-bond acceptors (Lipinski definition) is 2. The van der Waals surface area contributed by atoms with Crippen molar-refractivity contribution in [1.29, 1.82) is 0 Å². The highest BCUT2D eigenvalue weighted by molar-refractivity contribution is 5.26. The highest BCUT2D eigenvalue weighted by Crippen LogP contribution is 2.20. The summed E-state index contributed by atoms with van der Waals surface area (Å²) in [6, 6.07) is 10.2. The standard InChI is InChI=1S/C14H20NO/c1-4-12-16-14(15(5-2)6-3)13-10-8-7-9-11-13/h4,7-11H,1,5-6,12H2,2-3H3. The van der Waals surface area contributed by atoms with Gasteiger partial charge in [0.05, 0.1) is 6.61 Å². The molecule has 2 heteroatoms. The maximum atomic E-state index is 5.75. The van der Waals surface area contributed by atoms with E-state index < -0.39 is 0 Å². The number of hydrogen-bond donors (Lipinski definition) is 0. The Balaban J connectivity index is 2.81. The molecule has 0 N–H and O–H groups in total. The van der Waals surface area contributed by atoms with Crippen LogP contribution in [-0.2, 0) is 4.74 Å². The predicted molar refractivity (Wildman–Crippen MR) is 67.9 cm³/mol. The SMILES string of the molecule is C=CCO[C](c1ccccc1)N(CC)CC. The monoisotopic (exact) mass is 218 g/mol. The van der Waals surface area contributed by atoms with Gasteiger partial charge in [0.2, 0.25) is 0 Å². The first kappa shape index (κ1) is 12.9. The molecule has 2 nitrogen and oxygen atoms in total. The lowest BCUT2D eigenvalue weighted by atomic mass is 10.2. The molecule has 1 aromatic carbocycles. The van der Waals surface area contributed by atoms with Crippen molar-refractivity contribution in [2.75, 3.05) is 19.7 Å². The van der Waals surface area contributed by atoms with Gasteiger partial charge in [-0.15, -0.1) is 6.58 Å². The summed E-state index contributed by atoms with van der Waals surface area (Å²) < 4.78 is 5.75. The zero-order valence-electron chi connectivity index (χ0n) is 10.1. The molecule has 0 heterocycles. The van der Waals surface area contributed by atoms with Gasteiger partial charge in [-0.05, 0) is 13.1 Å². The molecular formula is C14H20NO. The fourth-order valence-corrected chi connectivity index (χ4v) is 1.59. The lowest BCUT2D eigenvalue weighted by molar-refractivity contribution is 0.0762. The van der Waals surface area contributed by atoms with Crippen LogP contribution in [-0.4, -0.2) is 24.6 Å². The minimum absolute atomic E-state index is 0.542. The highest BCUT2D eigenvalue weighted by Gasteiger charge is 2.19. The molecule has 0 aromatic heterocycles. The smallest absolute Gasteiger partial charge is 0.195 e. The van der Waals surface area contributed by atoms with Crippen LogP contribution in [0.15, 0.2) is 43.0 Å². The van der Waals surface area contributed by atoms with Gasteiger partial charge in [0.15, 0.2) is 6.23 Å². The molecule has 1 radical (unpaired) electrons. The van der Waals surface area contributed by atoms with Gasteiger partial charge in [-0.2, -0.15) is 0 Å². The molecule has 0 unspecified atom stereocenters. The summed E-state index contributed by atoms with van der Waals surface area (Å²) in [5.41, 5.74) is 1.12. The molecule has 0 spiro atoms. The Hall–Kier alpha value is -1.12. The van der Waals surface area contributed by atoms with Crippen molar-refractivity contribution < 1.29 is 4.74 Å². The minimum Gasteiger partial charge on any atom is -0.347 e. The van der Waals surface area contributed by atoms with Gasteiger partial charge in [-0.25, -0.2) is 0 Å². The van der Waals surface area contributed by atoms with Crippen molar-refractivity contribution in [1.82, 2.24) is 4.90 Å². The molecule has 0 aliphatic rings. The van der Waals surface area contributed by atoms with Crippen LogP contribution in [0.3, 0.4) is 0 Å². The quantitative estimate of drug-likeness (QED) is 0.652. The third-order valence-electron chi connectivity index (χ3n) is 2.41. The van der Waals surface area contributed by atoms with Gasteiger partial charge in [-0.1, -0.05) is 50.3 Å². The summed E-state index contributed by atoms with van der Waals surface area (Å²) in [4.78, 5) is 2.21. The van der Waals surface area contributed by atoms with E-state index >= 15 is 0 Å². The Labute approximate surface area is 98.5 Å². The van der Waals surface area contributed by atoms with Crippen LogP contribution in [0.25, 0.3) is 0 Å². The van der Waals surface area contributed by atoms with Gasteiger partial charge in [0.1, 0.15) is 0 Å². The number of ether oxygens (including phenoxy) is 1. The van der Waals surface area contributed by atoms with Gasteiger partial charge in [-0.3, -0.25) is 4.90 Å². The Morgan fingerprint density at radius 2 is 1.88 bits per heavy atom. The van der Waals surface area contributed by atoms with Crippen LogP contribution in [0, 0.1) is 6.23 Å². The third kappa shape index (κ3) is 3.47. The number of rotatable bonds is 7. The molecule has 0 saturated carbocycles. The minimum atomic E-state index is 0.542. The molecule has 87 valence electrons. The van der Waals surface area contributed by atoms with Gasteiger partial charge in [0.25, 0.3) is 0 Å². The summed E-state index contributed by atoms with van der Waals surface area (Å²) >= 11 is 0. The normalized spacial score (nSPS) is 11.0. The van der Waals surface area contributed by atoms with Crippen molar-refractivity contribution in [2.45, 2.75) is 13.8 Å². The van der Waals surface area contributed by atoms with E-state index in [2.05, 4.69) is 37.5 Å². The lowest BCUT2D eigenvalue weighted by Crippen LogP contribution is -2.31. The van der Waals surface area contributed by atoms with Crippen LogP contribution in [0.4, 0.5) is 0 Å². The Morgan fingerprint density at radius 1 is 1.25 bits per heavy atom. The number of benzene rings is 1. The second kappa shape index (κ2) is 7.20. The van der Waals surface area contributed by atoms with E-state index in [0.29, 0.717) is 6.61 Å². The molecule has 0 aliphatic carbocycles. The maximum absolute atomic E-state index is 5.75. The average Bonchev–Trinajstić information content (AvgIpc) is 2.35. The van der Waals surface area contributed by atoms with Crippen LogP contribution in [0.5, 0.6) is 0 Å². The van der Waals surface area contributed by atoms with Crippen molar-refractivity contribution >= 4 is 0 Å².